The van der Waals surface area contributed by atoms with Gasteiger partial charge in [0.1, 0.15) is 6.33 Å². The summed E-state index contributed by atoms with van der Waals surface area (Å²) in [5.41, 5.74) is 5.31. The molecule has 0 aliphatic carbocycles. The maximum absolute atomic E-state index is 5.37. The van der Waals surface area contributed by atoms with Crippen molar-refractivity contribution in [2.45, 2.75) is 6.54 Å². The van der Waals surface area contributed by atoms with E-state index in [2.05, 4.69) is 39.1 Å². The smallest absolute Gasteiger partial charge is 0.161 e. The van der Waals surface area contributed by atoms with E-state index in [0.29, 0.717) is 6.54 Å². The van der Waals surface area contributed by atoms with Crippen LogP contribution in [0.15, 0.2) is 73.1 Å². The Balaban J connectivity index is 1.55. The molecule has 0 aliphatic rings. The van der Waals surface area contributed by atoms with E-state index in [1.165, 1.54) is 0 Å². The summed E-state index contributed by atoms with van der Waals surface area (Å²) in [5, 5.41) is 3.47. The van der Waals surface area contributed by atoms with Crippen molar-refractivity contribution in [3.8, 4) is 17.2 Å². The van der Waals surface area contributed by atoms with E-state index in [4.69, 9.17) is 9.47 Å². The van der Waals surface area contributed by atoms with Gasteiger partial charge in [0.15, 0.2) is 11.5 Å². The molecule has 0 saturated heterocycles. The molecule has 0 bridgehead atoms. The largest absolute Gasteiger partial charge is 0.493 e. The number of benzene rings is 3. The summed E-state index contributed by atoms with van der Waals surface area (Å²) in [6.07, 6.45) is 1.86. The molecule has 136 valence electrons. The number of aromatic nitrogens is 2. The number of anilines is 1. The highest BCUT2D eigenvalue weighted by Gasteiger charge is 2.06. The molecule has 1 N–H and O–H groups in total. The highest BCUT2D eigenvalue weighted by molar-refractivity contribution is 5.77. The third-order valence-electron chi connectivity index (χ3n) is 4.52. The fraction of sp³-hybridized carbons (Fsp3) is 0.136. The van der Waals surface area contributed by atoms with E-state index in [1.807, 2.05) is 48.8 Å². The summed E-state index contributed by atoms with van der Waals surface area (Å²) in [6, 6.07) is 22.4. The minimum Gasteiger partial charge on any atom is -0.493 e. The standard InChI is InChI=1S/C22H21N3O2/c1-26-21-11-10-16(12-22(21)27-2)14-23-17-6-5-7-18(13-17)25-15-24-19-8-3-4-9-20(19)25/h3-13,15,23H,14H2,1-2H3. The van der Waals surface area contributed by atoms with Crippen LogP contribution < -0.4 is 14.8 Å². The van der Waals surface area contributed by atoms with Crippen LogP contribution in [0.4, 0.5) is 5.69 Å². The molecule has 4 aromatic rings. The van der Waals surface area contributed by atoms with Crippen molar-refractivity contribution >= 4 is 16.7 Å². The predicted octanol–water partition coefficient (Wildman–Crippen LogP) is 4.65. The Morgan fingerprint density at radius 1 is 0.889 bits per heavy atom. The summed E-state index contributed by atoms with van der Waals surface area (Å²) in [7, 11) is 3.29. The number of imidazole rings is 1. The van der Waals surface area contributed by atoms with Crippen LogP contribution in [0.2, 0.25) is 0 Å². The maximum Gasteiger partial charge on any atom is 0.161 e. The van der Waals surface area contributed by atoms with Crippen LogP contribution in [0.3, 0.4) is 0 Å². The molecule has 0 spiro atoms. The summed E-state index contributed by atoms with van der Waals surface area (Å²) in [4.78, 5) is 4.47. The normalized spacial score (nSPS) is 10.7. The minimum atomic E-state index is 0.689. The first kappa shape index (κ1) is 17.0. The zero-order valence-electron chi connectivity index (χ0n) is 15.3. The SMILES string of the molecule is COc1ccc(CNc2cccc(-n3cnc4ccccc43)c2)cc1OC. The molecule has 5 heteroatoms. The van der Waals surface area contributed by atoms with Crippen LogP contribution in [0.25, 0.3) is 16.7 Å². The minimum absolute atomic E-state index is 0.689. The highest BCUT2D eigenvalue weighted by atomic mass is 16.5. The first-order chi connectivity index (χ1) is 13.3. The van der Waals surface area contributed by atoms with E-state index in [0.717, 1.165) is 39.5 Å². The van der Waals surface area contributed by atoms with Gasteiger partial charge in [0.05, 0.1) is 25.3 Å². The quantitative estimate of drug-likeness (QED) is 0.544. The van der Waals surface area contributed by atoms with Gasteiger partial charge in [-0.3, -0.25) is 4.57 Å². The summed E-state index contributed by atoms with van der Waals surface area (Å²) in [6.45, 7) is 0.689. The topological polar surface area (TPSA) is 48.3 Å². The van der Waals surface area contributed by atoms with Gasteiger partial charge in [-0.2, -0.15) is 0 Å². The molecular weight excluding hydrogens is 338 g/mol. The highest BCUT2D eigenvalue weighted by Crippen LogP contribution is 2.28. The molecule has 5 nitrogen and oxygen atoms in total. The van der Waals surface area contributed by atoms with E-state index in [-0.39, 0.29) is 0 Å². The van der Waals surface area contributed by atoms with Crippen molar-refractivity contribution < 1.29 is 9.47 Å². The molecular formula is C22H21N3O2. The van der Waals surface area contributed by atoms with Gasteiger partial charge < -0.3 is 14.8 Å². The number of fused-ring (bicyclic) bond motifs is 1. The summed E-state index contributed by atoms with van der Waals surface area (Å²) < 4.78 is 12.8. The van der Waals surface area contributed by atoms with Gasteiger partial charge in [-0.25, -0.2) is 4.98 Å². The molecule has 0 fully saturated rings. The Morgan fingerprint density at radius 2 is 1.74 bits per heavy atom. The Morgan fingerprint density at radius 3 is 2.59 bits per heavy atom. The van der Waals surface area contributed by atoms with Crippen LogP contribution in [-0.2, 0) is 6.54 Å². The van der Waals surface area contributed by atoms with Crippen LogP contribution in [-0.4, -0.2) is 23.8 Å². The molecule has 27 heavy (non-hydrogen) atoms. The second-order valence-corrected chi connectivity index (χ2v) is 6.20. The van der Waals surface area contributed by atoms with E-state index >= 15 is 0 Å². The monoisotopic (exact) mass is 359 g/mol. The van der Waals surface area contributed by atoms with Crippen LogP contribution in [0.1, 0.15) is 5.56 Å². The maximum atomic E-state index is 5.37. The molecule has 0 radical (unpaired) electrons. The average molecular weight is 359 g/mol. The van der Waals surface area contributed by atoms with Gasteiger partial charge in [-0.15, -0.1) is 0 Å². The fourth-order valence-electron chi connectivity index (χ4n) is 3.13. The molecule has 0 unspecified atom stereocenters. The number of nitrogens with one attached hydrogen (secondary N) is 1. The zero-order chi connectivity index (χ0) is 18.6. The van der Waals surface area contributed by atoms with E-state index in [9.17, 15) is 0 Å². The number of hydrogen-bond acceptors (Lipinski definition) is 4. The van der Waals surface area contributed by atoms with Gasteiger partial charge in [-0.1, -0.05) is 24.3 Å². The molecule has 0 atom stereocenters. The second kappa shape index (κ2) is 7.41. The van der Waals surface area contributed by atoms with Crippen LogP contribution >= 0.6 is 0 Å². The van der Waals surface area contributed by atoms with Gasteiger partial charge in [0, 0.05) is 17.9 Å². The summed E-state index contributed by atoms with van der Waals surface area (Å²) >= 11 is 0. The third-order valence-corrected chi connectivity index (χ3v) is 4.52. The molecule has 0 aliphatic heterocycles. The van der Waals surface area contributed by atoms with E-state index < -0.39 is 0 Å². The Kier molecular flexibility index (Phi) is 4.66. The molecule has 0 saturated carbocycles. The number of ether oxygens (including phenoxy) is 2. The van der Waals surface area contributed by atoms with Gasteiger partial charge in [-0.05, 0) is 48.0 Å². The molecule has 3 aromatic carbocycles. The van der Waals surface area contributed by atoms with Crippen molar-refractivity contribution in [3.05, 3.63) is 78.6 Å². The lowest BCUT2D eigenvalue weighted by molar-refractivity contribution is 0.354. The Hall–Kier alpha value is -3.47. The van der Waals surface area contributed by atoms with Crippen molar-refractivity contribution in [1.82, 2.24) is 9.55 Å². The van der Waals surface area contributed by atoms with Gasteiger partial charge >= 0.3 is 0 Å². The molecule has 4 rings (SSSR count). The fourth-order valence-corrected chi connectivity index (χ4v) is 3.13. The number of nitrogens with zero attached hydrogens (tertiary/aromatic N) is 2. The molecule has 1 aromatic heterocycles. The molecule has 0 amide bonds. The lowest BCUT2D eigenvalue weighted by Gasteiger charge is -2.12. The van der Waals surface area contributed by atoms with Crippen molar-refractivity contribution in [2.75, 3.05) is 19.5 Å². The predicted molar refractivity (Wildman–Crippen MR) is 108 cm³/mol. The Bertz CT molecular complexity index is 1070. The second-order valence-electron chi connectivity index (χ2n) is 6.20. The van der Waals surface area contributed by atoms with Crippen molar-refractivity contribution in [1.29, 1.82) is 0 Å². The lowest BCUT2D eigenvalue weighted by Crippen LogP contribution is -2.01. The first-order valence-electron chi connectivity index (χ1n) is 8.76. The number of para-hydroxylation sites is 2. The first-order valence-corrected chi connectivity index (χ1v) is 8.76. The zero-order valence-corrected chi connectivity index (χ0v) is 15.3. The molecule has 1 heterocycles. The van der Waals surface area contributed by atoms with Gasteiger partial charge in [0.25, 0.3) is 0 Å². The van der Waals surface area contributed by atoms with Crippen LogP contribution in [0.5, 0.6) is 11.5 Å². The number of methoxy groups -OCH3 is 2. The Labute approximate surface area is 158 Å². The lowest BCUT2D eigenvalue weighted by atomic mass is 10.2. The van der Waals surface area contributed by atoms with E-state index in [1.54, 1.807) is 14.2 Å². The average Bonchev–Trinajstić information content (AvgIpc) is 3.16. The van der Waals surface area contributed by atoms with Gasteiger partial charge in [0.2, 0.25) is 0 Å². The summed E-state index contributed by atoms with van der Waals surface area (Å²) in [5.74, 6) is 1.46. The number of hydrogen-bond donors (Lipinski definition) is 1. The third kappa shape index (κ3) is 3.44. The van der Waals surface area contributed by atoms with Crippen LogP contribution in [0, 0.1) is 0 Å². The van der Waals surface area contributed by atoms with Crippen molar-refractivity contribution in [3.63, 3.8) is 0 Å². The number of rotatable bonds is 6. The van der Waals surface area contributed by atoms with Crippen molar-refractivity contribution in [2.24, 2.45) is 0 Å².